The molecule has 0 nitrogen and oxygen atoms in total. The standard InChI is InChI=1S/C22H18/c1-15-3-6-17(7-4-15)18-9-10-20-13-21-11-16(2)5-8-19(21)14-22(20)12-18/h3-14H,1-2H3. The Balaban J connectivity index is 1.91. The number of rotatable bonds is 1. The molecule has 22 heavy (non-hydrogen) atoms. The quantitative estimate of drug-likeness (QED) is 0.360. The molecule has 0 saturated carbocycles. The highest BCUT2D eigenvalue weighted by Crippen LogP contribution is 2.28. The van der Waals surface area contributed by atoms with Crippen molar-refractivity contribution in [1.29, 1.82) is 0 Å². The normalized spacial score (nSPS) is 11.2. The van der Waals surface area contributed by atoms with Crippen molar-refractivity contribution in [3.63, 3.8) is 0 Å². The molecule has 0 aromatic heterocycles. The molecule has 0 radical (unpaired) electrons. The Morgan fingerprint density at radius 1 is 0.409 bits per heavy atom. The second-order valence-electron chi connectivity index (χ2n) is 6.13. The van der Waals surface area contributed by atoms with Crippen LogP contribution in [-0.4, -0.2) is 0 Å². The van der Waals surface area contributed by atoms with E-state index >= 15 is 0 Å². The first-order chi connectivity index (χ1) is 10.7. The van der Waals surface area contributed by atoms with Gasteiger partial charge in [-0.3, -0.25) is 0 Å². The monoisotopic (exact) mass is 282 g/mol. The van der Waals surface area contributed by atoms with Crippen LogP contribution in [-0.2, 0) is 0 Å². The zero-order valence-corrected chi connectivity index (χ0v) is 12.9. The van der Waals surface area contributed by atoms with E-state index in [-0.39, 0.29) is 0 Å². The van der Waals surface area contributed by atoms with Crippen molar-refractivity contribution in [2.75, 3.05) is 0 Å². The number of hydrogen-bond acceptors (Lipinski definition) is 0. The largest absolute Gasteiger partial charge is 0.0587 e. The van der Waals surface area contributed by atoms with Gasteiger partial charge in [-0.15, -0.1) is 0 Å². The number of fused-ring (bicyclic) bond motifs is 2. The highest BCUT2D eigenvalue weighted by atomic mass is 14.1. The Kier molecular flexibility index (Phi) is 2.97. The smallest absolute Gasteiger partial charge is 0.0171 e. The Morgan fingerprint density at radius 3 is 1.68 bits per heavy atom. The van der Waals surface area contributed by atoms with Crippen LogP contribution < -0.4 is 0 Å². The molecule has 0 bridgehead atoms. The summed E-state index contributed by atoms with van der Waals surface area (Å²) in [6.07, 6.45) is 0. The molecule has 0 aliphatic carbocycles. The highest BCUT2D eigenvalue weighted by molar-refractivity contribution is 5.99. The topological polar surface area (TPSA) is 0 Å². The molecule has 0 saturated heterocycles. The summed E-state index contributed by atoms with van der Waals surface area (Å²) in [5, 5.41) is 5.22. The summed E-state index contributed by atoms with van der Waals surface area (Å²) >= 11 is 0. The van der Waals surface area contributed by atoms with Crippen molar-refractivity contribution in [1.82, 2.24) is 0 Å². The fraction of sp³-hybridized carbons (Fsp3) is 0.0909. The van der Waals surface area contributed by atoms with E-state index in [1.165, 1.54) is 43.8 Å². The van der Waals surface area contributed by atoms with Crippen LogP contribution in [0.2, 0.25) is 0 Å². The first-order valence-corrected chi connectivity index (χ1v) is 7.70. The minimum Gasteiger partial charge on any atom is -0.0587 e. The van der Waals surface area contributed by atoms with Crippen LogP contribution in [0.5, 0.6) is 0 Å². The number of aryl methyl sites for hydroxylation is 2. The van der Waals surface area contributed by atoms with Gasteiger partial charge in [-0.05, 0) is 64.7 Å². The van der Waals surface area contributed by atoms with Gasteiger partial charge in [0.25, 0.3) is 0 Å². The molecule has 0 spiro atoms. The van der Waals surface area contributed by atoms with Gasteiger partial charge in [-0.1, -0.05) is 65.7 Å². The van der Waals surface area contributed by atoms with Crippen molar-refractivity contribution < 1.29 is 0 Å². The van der Waals surface area contributed by atoms with Crippen LogP contribution in [0.3, 0.4) is 0 Å². The third-order valence-corrected chi connectivity index (χ3v) is 4.34. The maximum atomic E-state index is 2.29. The summed E-state index contributed by atoms with van der Waals surface area (Å²) in [6.45, 7) is 4.27. The van der Waals surface area contributed by atoms with Gasteiger partial charge in [0.1, 0.15) is 0 Å². The third kappa shape index (κ3) is 2.27. The second-order valence-corrected chi connectivity index (χ2v) is 6.13. The lowest BCUT2D eigenvalue weighted by Crippen LogP contribution is -1.82. The van der Waals surface area contributed by atoms with Crippen LogP contribution in [0.4, 0.5) is 0 Å². The van der Waals surface area contributed by atoms with Crippen LogP contribution >= 0.6 is 0 Å². The van der Waals surface area contributed by atoms with Crippen molar-refractivity contribution in [3.05, 3.63) is 83.9 Å². The molecule has 0 aliphatic heterocycles. The van der Waals surface area contributed by atoms with Crippen LogP contribution in [0, 0.1) is 13.8 Å². The fourth-order valence-electron chi connectivity index (χ4n) is 3.04. The van der Waals surface area contributed by atoms with Gasteiger partial charge in [0.2, 0.25) is 0 Å². The fourth-order valence-corrected chi connectivity index (χ4v) is 3.04. The summed E-state index contributed by atoms with van der Waals surface area (Å²) in [5.41, 5.74) is 5.16. The molecule has 4 rings (SSSR count). The van der Waals surface area contributed by atoms with Gasteiger partial charge in [-0.25, -0.2) is 0 Å². The summed E-state index contributed by atoms with van der Waals surface area (Å²) < 4.78 is 0. The predicted octanol–water partition coefficient (Wildman–Crippen LogP) is 6.28. The van der Waals surface area contributed by atoms with E-state index in [1.54, 1.807) is 0 Å². The van der Waals surface area contributed by atoms with E-state index in [4.69, 9.17) is 0 Å². The first-order valence-electron chi connectivity index (χ1n) is 7.70. The van der Waals surface area contributed by atoms with Crippen molar-refractivity contribution in [2.45, 2.75) is 13.8 Å². The molecular weight excluding hydrogens is 264 g/mol. The number of benzene rings is 4. The van der Waals surface area contributed by atoms with E-state index in [2.05, 4.69) is 86.6 Å². The van der Waals surface area contributed by atoms with Crippen molar-refractivity contribution >= 4 is 21.5 Å². The molecule has 4 aromatic rings. The van der Waals surface area contributed by atoms with Gasteiger partial charge in [0, 0.05) is 0 Å². The first kappa shape index (κ1) is 13.1. The van der Waals surface area contributed by atoms with Crippen LogP contribution in [0.25, 0.3) is 32.7 Å². The van der Waals surface area contributed by atoms with Gasteiger partial charge in [0.05, 0.1) is 0 Å². The maximum Gasteiger partial charge on any atom is -0.0171 e. The molecule has 0 heteroatoms. The molecule has 0 heterocycles. The van der Waals surface area contributed by atoms with E-state index in [1.807, 2.05) is 0 Å². The average Bonchev–Trinajstić information content (AvgIpc) is 2.53. The molecule has 0 unspecified atom stereocenters. The summed E-state index contributed by atoms with van der Waals surface area (Å²) in [4.78, 5) is 0. The minimum absolute atomic E-state index is 1.27. The van der Waals surface area contributed by atoms with Crippen LogP contribution in [0.15, 0.2) is 72.8 Å². The summed E-state index contributed by atoms with van der Waals surface area (Å²) in [5.74, 6) is 0. The van der Waals surface area contributed by atoms with Crippen molar-refractivity contribution in [3.8, 4) is 11.1 Å². The predicted molar refractivity (Wildman–Crippen MR) is 96.4 cm³/mol. The summed E-state index contributed by atoms with van der Waals surface area (Å²) in [6, 6.07) is 26.7. The minimum atomic E-state index is 1.27. The lowest BCUT2D eigenvalue weighted by Gasteiger charge is -2.07. The molecule has 0 fully saturated rings. The Labute approximate surface area is 131 Å². The SMILES string of the molecule is Cc1ccc(-c2ccc3cc4cc(C)ccc4cc3c2)cc1. The highest BCUT2D eigenvalue weighted by Gasteiger charge is 2.02. The van der Waals surface area contributed by atoms with Gasteiger partial charge >= 0.3 is 0 Å². The van der Waals surface area contributed by atoms with E-state index in [0.717, 1.165) is 0 Å². The van der Waals surface area contributed by atoms with E-state index in [9.17, 15) is 0 Å². The zero-order chi connectivity index (χ0) is 15.1. The molecule has 4 aromatic carbocycles. The maximum absolute atomic E-state index is 2.29. The molecule has 0 aliphatic rings. The van der Waals surface area contributed by atoms with E-state index in [0.29, 0.717) is 0 Å². The second kappa shape index (κ2) is 4.99. The summed E-state index contributed by atoms with van der Waals surface area (Å²) in [7, 11) is 0. The molecule has 106 valence electrons. The van der Waals surface area contributed by atoms with Crippen LogP contribution in [0.1, 0.15) is 11.1 Å². The Morgan fingerprint density at radius 2 is 0.955 bits per heavy atom. The lowest BCUT2D eigenvalue weighted by molar-refractivity contribution is 1.47. The lowest BCUT2D eigenvalue weighted by atomic mass is 9.97. The molecule has 0 atom stereocenters. The zero-order valence-electron chi connectivity index (χ0n) is 12.9. The number of hydrogen-bond donors (Lipinski definition) is 0. The Bertz CT molecular complexity index is 976. The van der Waals surface area contributed by atoms with Crippen molar-refractivity contribution in [2.24, 2.45) is 0 Å². The molecule has 0 N–H and O–H groups in total. The van der Waals surface area contributed by atoms with Gasteiger partial charge < -0.3 is 0 Å². The van der Waals surface area contributed by atoms with E-state index < -0.39 is 0 Å². The third-order valence-electron chi connectivity index (χ3n) is 4.34. The van der Waals surface area contributed by atoms with Gasteiger partial charge in [0.15, 0.2) is 0 Å². The molecular formula is C22H18. The van der Waals surface area contributed by atoms with Gasteiger partial charge in [-0.2, -0.15) is 0 Å². The Hall–Kier alpha value is -2.60. The average molecular weight is 282 g/mol. The molecule has 0 amide bonds.